The van der Waals surface area contributed by atoms with Crippen molar-refractivity contribution in [1.29, 1.82) is 0 Å². The average molecular weight is 319 g/mol. The zero-order valence-electron chi connectivity index (χ0n) is 13.1. The highest BCUT2D eigenvalue weighted by Gasteiger charge is 2.42. The number of hydrogen-bond donors (Lipinski definition) is 0. The number of esters is 3. The monoisotopic (exact) mass is 319 g/mol. The largest absolute Gasteiger partial charge is 0.462 e. The summed E-state index contributed by atoms with van der Waals surface area (Å²) in [6.45, 7) is 4.85. The summed E-state index contributed by atoms with van der Waals surface area (Å²) in [7, 11) is 0. The molecule has 1 aliphatic rings. The topological polar surface area (TPSA) is 91.3 Å². The van der Waals surface area contributed by atoms with Crippen LogP contribution in [0.3, 0.4) is 0 Å². The van der Waals surface area contributed by atoms with Crippen LogP contribution in [0.1, 0.15) is 31.1 Å². The highest BCUT2D eigenvalue weighted by molar-refractivity contribution is 6.11. The quantitative estimate of drug-likeness (QED) is 0.479. The fourth-order valence-corrected chi connectivity index (χ4v) is 1.97. The van der Waals surface area contributed by atoms with E-state index >= 15 is 0 Å². The van der Waals surface area contributed by atoms with Crippen molar-refractivity contribution in [3.05, 3.63) is 29.8 Å². The van der Waals surface area contributed by atoms with E-state index in [-0.39, 0.29) is 17.9 Å². The maximum atomic E-state index is 11.9. The summed E-state index contributed by atoms with van der Waals surface area (Å²) in [5, 5.41) is 0. The molecular formula is C16H17NO6. The Morgan fingerprint density at radius 2 is 1.87 bits per heavy atom. The van der Waals surface area contributed by atoms with Crippen molar-refractivity contribution in [3.8, 4) is 0 Å². The number of para-hydroxylation sites is 1. The van der Waals surface area contributed by atoms with Gasteiger partial charge in [0.2, 0.25) is 0 Å². The molecule has 122 valence electrons. The summed E-state index contributed by atoms with van der Waals surface area (Å²) >= 11 is 0. The summed E-state index contributed by atoms with van der Waals surface area (Å²) in [5.74, 6) is -4.58. The van der Waals surface area contributed by atoms with E-state index in [1.807, 2.05) is 0 Å². The number of rotatable bonds is 4. The summed E-state index contributed by atoms with van der Waals surface area (Å²) in [4.78, 5) is 39.6. The Bertz CT molecular complexity index is 644. The van der Waals surface area contributed by atoms with Crippen LogP contribution >= 0.6 is 0 Å². The summed E-state index contributed by atoms with van der Waals surface area (Å²) in [6, 6.07) is 6.46. The first-order valence-electron chi connectivity index (χ1n) is 7.10. The molecular weight excluding hydrogens is 302 g/mol. The smallest absolute Gasteiger partial charge is 0.340 e. The summed E-state index contributed by atoms with van der Waals surface area (Å²) in [6.07, 6.45) is 1.11. The predicted molar refractivity (Wildman–Crippen MR) is 80.3 cm³/mol. The second kappa shape index (κ2) is 6.60. The molecule has 7 nitrogen and oxygen atoms in total. The van der Waals surface area contributed by atoms with Crippen LogP contribution in [0.5, 0.6) is 0 Å². The molecule has 0 saturated carbocycles. The van der Waals surface area contributed by atoms with Crippen molar-refractivity contribution in [3.63, 3.8) is 0 Å². The van der Waals surface area contributed by atoms with Gasteiger partial charge in [-0.15, -0.1) is 0 Å². The highest BCUT2D eigenvalue weighted by atomic mass is 16.7. The molecule has 0 aromatic heterocycles. The molecule has 0 aliphatic carbocycles. The molecule has 0 atom stereocenters. The van der Waals surface area contributed by atoms with Gasteiger partial charge in [-0.05, 0) is 19.1 Å². The van der Waals surface area contributed by atoms with Crippen LogP contribution in [-0.4, -0.2) is 36.5 Å². The third-order valence-electron chi connectivity index (χ3n) is 2.96. The van der Waals surface area contributed by atoms with Gasteiger partial charge in [-0.2, -0.15) is 0 Å². The average Bonchev–Trinajstić information content (AvgIpc) is 2.45. The van der Waals surface area contributed by atoms with E-state index in [1.165, 1.54) is 13.8 Å². The third kappa shape index (κ3) is 3.94. The third-order valence-corrected chi connectivity index (χ3v) is 2.96. The lowest BCUT2D eigenvalue weighted by Gasteiger charge is -2.31. The van der Waals surface area contributed by atoms with Gasteiger partial charge in [0.05, 0.1) is 17.9 Å². The van der Waals surface area contributed by atoms with Crippen LogP contribution < -0.4 is 0 Å². The SMILES string of the molecule is CCOC(=O)c1ccccc1N=CC1C(=O)OC(C)(C)OC1=O. The van der Waals surface area contributed by atoms with E-state index in [0.717, 1.165) is 6.21 Å². The van der Waals surface area contributed by atoms with E-state index in [0.29, 0.717) is 0 Å². The van der Waals surface area contributed by atoms with Gasteiger partial charge < -0.3 is 14.2 Å². The molecule has 0 spiro atoms. The first kappa shape index (κ1) is 16.7. The van der Waals surface area contributed by atoms with E-state index in [9.17, 15) is 14.4 Å². The van der Waals surface area contributed by atoms with Crippen molar-refractivity contribution < 1.29 is 28.6 Å². The Morgan fingerprint density at radius 1 is 1.26 bits per heavy atom. The number of carbonyl (C=O) groups is 3. The highest BCUT2D eigenvalue weighted by Crippen LogP contribution is 2.24. The Labute approximate surface area is 133 Å². The molecule has 1 saturated heterocycles. The number of nitrogens with zero attached hydrogens (tertiary/aromatic N) is 1. The summed E-state index contributed by atoms with van der Waals surface area (Å²) < 4.78 is 14.9. The molecule has 0 N–H and O–H groups in total. The van der Waals surface area contributed by atoms with Crippen LogP contribution in [0, 0.1) is 5.92 Å². The first-order valence-corrected chi connectivity index (χ1v) is 7.10. The minimum Gasteiger partial charge on any atom is -0.462 e. The zero-order chi connectivity index (χ0) is 17.0. The number of carbonyl (C=O) groups excluding carboxylic acids is 3. The number of aliphatic imine (C=N–C) groups is 1. The Morgan fingerprint density at radius 3 is 2.48 bits per heavy atom. The minimum atomic E-state index is -1.29. The number of cyclic esters (lactones) is 2. The molecule has 23 heavy (non-hydrogen) atoms. The van der Waals surface area contributed by atoms with E-state index in [4.69, 9.17) is 14.2 Å². The van der Waals surface area contributed by atoms with Gasteiger partial charge >= 0.3 is 17.9 Å². The molecule has 2 rings (SSSR count). The fourth-order valence-electron chi connectivity index (χ4n) is 1.97. The lowest BCUT2D eigenvalue weighted by atomic mass is 10.1. The first-order chi connectivity index (χ1) is 10.8. The second-order valence-electron chi connectivity index (χ2n) is 5.24. The van der Waals surface area contributed by atoms with Gasteiger partial charge in [-0.25, -0.2) is 4.79 Å². The Balaban J connectivity index is 2.22. The van der Waals surface area contributed by atoms with Crippen molar-refractivity contribution in [2.45, 2.75) is 26.6 Å². The molecule has 1 aromatic carbocycles. The minimum absolute atomic E-state index is 0.229. The maximum Gasteiger partial charge on any atom is 0.340 e. The van der Waals surface area contributed by atoms with Crippen molar-refractivity contribution >= 4 is 29.8 Å². The molecule has 0 amide bonds. The van der Waals surface area contributed by atoms with Crippen LogP contribution in [-0.2, 0) is 23.8 Å². The molecule has 1 aromatic rings. The van der Waals surface area contributed by atoms with E-state index in [1.54, 1.807) is 31.2 Å². The lowest BCUT2D eigenvalue weighted by molar-refractivity contribution is -0.235. The van der Waals surface area contributed by atoms with E-state index in [2.05, 4.69) is 4.99 Å². The van der Waals surface area contributed by atoms with Gasteiger partial charge in [0.25, 0.3) is 5.79 Å². The van der Waals surface area contributed by atoms with Crippen LogP contribution in [0.4, 0.5) is 5.69 Å². The molecule has 0 unspecified atom stereocenters. The molecule has 1 heterocycles. The molecule has 0 radical (unpaired) electrons. The fraction of sp³-hybridized carbons (Fsp3) is 0.375. The number of benzene rings is 1. The van der Waals surface area contributed by atoms with Crippen LogP contribution in [0.15, 0.2) is 29.3 Å². The molecule has 1 fully saturated rings. The van der Waals surface area contributed by atoms with Gasteiger partial charge in [0.1, 0.15) is 0 Å². The molecule has 1 aliphatic heterocycles. The van der Waals surface area contributed by atoms with Crippen molar-refractivity contribution in [2.24, 2.45) is 10.9 Å². The maximum absolute atomic E-state index is 11.9. The van der Waals surface area contributed by atoms with Crippen LogP contribution in [0.2, 0.25) is 0 Å². The standard InChI is InChI=1S/C16H17NO6/c1-4-21-13(18)10-7-5-6-8-12(10)17-9-11-14(19)22-16(2,3)23-15(11)20/h5-9,11H,4H2,1-3H3. The normalized spacial score (nSPS) is 17.7. The Kier molecular flexibility index (Phi) is 4.78. The lowest BCUT2D eigenvalue weighted by Crippen LogP contribution is -2.46. The zero-order valence-corrected chi connectivity index (χ0v) is 13.1. The van der Waals surface area contributed by atoms with Gasteiger partial charge in [0, 0.05) is 20.1 Å². The summed E-state index contributed by atoms with van der Waals surface area (Å²) in [5.41, 5.74) is 0.528. The van der Waals surface area contributed by atoms with Crippen molar-refractivity contribution in [1.82, 2.24) is 0 Å². The van der Waals surface area contributed by atoms with Gasteiger partial charge in [0.15, 0.2) is 5.92 Å². The van der Waals surface area contributed by atoms with Gasteiger partial charge in [-0.3, -0.25) is 14.6 Å². The van der Waals surface area contributed by atoms with Crippen molar-refractivity contribution in [2.75, 3.05) is 6.61 Å². The second-order valence-corrected chi connectivity index (χ2v) is 5.24. The van der Waals surface area contributed by atoms with Gasteiger partial charge in [-0.1, -0.05) is 12.1 Å². The molecule has 0 bridgehead atoms. The molecule has 7 heteroatoms. The Hall–Kier alpha value is -2.70. The predicted octanol–water partition coefficient (Wildman–Crippen LogP) is 2.02. The van der Waals surface area contributed by atoms with Crippen LogP contribution in [0.25, 0.3) is 0 Å². The number of hydrogen-bond acceptors (Lipinski definition) is 7. The van der Waals surface area contributed by atoms with E-state index < -0.39 is 29.6 Å². The number of ether oxygens (including phenoxy) is 3.